The molecule has 1 amide bonds. The van der Waals surface area contributed by atoms with Crippen molar-refractivity contribution < 1.29 is 19.4 Å². The van der Waals surface area contributed by atoms with Crippen molar-refractivity contribution in [3.63, 3.8) is 0 Å². The van der Waals surface area contributed by atoms with Crippen LogP contribution in [0.1, 0.15) is 34.0 Å². The molecule has 0 fully saturated rings. The summed E-state index contributed by atoms with van der Waals surface area (Å²) in [6, 6.07) is 24.8. The molecule has 0 aliphatic heterocycles. The smallest absolute Gasteiger partial charge is 0.275 e. The Kier molecular flexibility index (Phi) is 7.08. The van der Waals surface area contributed by atoms with Gasteiger partial charge in [-0.1, -0.05) is 54.6 Å². The average Bonchev–Trinajstić information content (AvgIpc) is 2.85. The highest BCUT2D eigenvalue weighted by atomic mass is 16.5. The van der Waals surface area contributed by atoms with Crippen LogP contribution in [-0.4, -0.2) is 23.8 Å². The van der Waals surface area contributed by atoms with E-state index in [-0.39, 0.29) is 11.3 Å². The van der Waals surface area contributed by atoms with Crippen molar-refractivity contribution in [3.05, 3.63) is 101 Å². The molecule has 4 rings (SSSR count). The fourth-order valence-electron chi connectivity index (χ4n) is 3.63. The zero-order valence-corrected chi connectivity index (χ0v) is 19.1. The standard InChI is InChI=1S/C28H26N2O4/c1-3-33-26-16-20(17-29-30-28(32)24-13-6-8-19(2)27(24)31)14-15-25(26)34-18-22-11-7-10-21-9-4-5-12-23(21)22/h4-17,31H,3,18H2,1-2H3,(H,30,32). The van der Waals surface area contributed by atoms with Gasteiger partial charge in [0.05, 0.1) is 18.4 Å². The van der Waals surface area contributed by atoms with Crippen molar-refractivity contribution in [2.24, 2.45) is 5.10 Å². The number of ether oxygens (including phenoxy) is 2. The van der Waals surface area contributed by atoms with E-state index in [2.05, 4.69) is 34.8 Å². The fraction of sp³-hybridized carbons (Fsp3) is 0.143. The van der Waals surface area contributed by atoms with E-state index in [9.17, 15) is 9.90 Å². The Morgan fingerprint density at radius 1 is 0.971 bits per heavy atom. The number of benzene rings is 4. The van der Waals surface area contributed by atoms with Crippen molar-refractivity contribution in [2.75, 3.05) is 6.61 Å². The highest BCUT2D eigenvalue weighted by Crippen LogP contribution is 2.30. The van der Waals surface area contributed by atoms with E-state index in [1.807, 2.05) is 43.3 Å². The Bertz CT molecular complexity index is 1340. The van der Waals surface area contributed by atoms with Crippen LogP contribution in [0, 0.1) is 6.92 Å². The van der Waals surface area contributed by atoms with Crippen LogP contribution in [0.25, 0.3) is 10.8 Å². The lowest BCUT2D eigenvalue weighted by Crippen LogP contribution is -2.17. The Morgan fingerprint density at radius 2 is 1.76 bits per heavy atom. The SMILES string of the molecule is CCOc1cc(C=NNC(=O)c2cccc(C)c2O)ccc1OCc1cccc2ccccc12. The molecule has 34 heavy (non-hydrogen) atoms. The lowest BCUT2D eigenvalue weighted by atomic mass is 10.1. The lowest BCUT2D eigenvalue weighted by molar-refractivity contribution is 0.0952. The predicted molar refractivity (Wildman–Crippen MR) is 134 cm³/mol. The first kappa shape index (κ1) is 22.9. The number of carbonyl (C=O) groups is 1. The second-order valence-electron chi connectivity index (χ2n) is 7.74. The molecule has 4 aromatic rings. The summed E-state index contributed by atoms with van der Waals surface area (Å²) in [6.07, 6.45) is 1.52. The molecule has 0 atom stereocenters. The third-order valence-corrected chi connectivity index (χ3v) is 5.39. The molecular formula is C28H26N2O4. The van der Waals surface area contributed by atoms with Gasteiger partial charge in [0.15, 0.2) is 11.5 Å². The largest absolute Gasteiger partial charge is 0.507 e. The molecular weight excluding hydrogens is 428 g/mol. The summed E-state index contributed by atoms with van der Waals surface area (Å²) in [4.78, 5) is 12.3. The van der Waals surface area contributed by atoms with Crippen LogP contribution in [0.5, 0.6) is 17.2 Å². The molecule has 6 heteroatoms. The van der Waals surface area contributed by atoms with Crippen LogP contribution < -0.4 is 14.9 Å². The van der Waals surface area contributed by atoms with Gasteiger partial charge in [0.2, 0.25) is 0 Å². The number of aromatic hydroxyl groups is 1. The van der Waals surface area contributed by atoms with Crippen molar-refractivity contribution in [2.45, 2.75) is 20.5 Å². The first-order valence-electron chi connectivity index (χ1n) is 11.0. The van der Waals surface area contributed by atoms with Gasteiger partial charge in [-0.05, 0) is 65.6 Å². The van der Waals surface area contributed by atoms with E-state index in [4.69, 9.17) is 9.47 Å². The number of nitrogens with zero attached hydrogens (tertiary/aromatic N) is 1. The molecule has 0 aliphatic carbocycles. The summed E-state index contributed by atoms with van der Waals surface area (Å²) >= 11 is 0. The van der Waals surface area contributed by atoms with Crippen LogP contribution in [0.15, 0.2) is 84.0 Å². The van der Waals surface area contributed by atoms with E-state index < -0.39 is 5.91 Å². The molecule has 2 N–H and O–H groups in total. The van der Waals surface area contributed by atoms with Gasteiger partial charge in [0.1, 0.15) is 12.4 Å². The number of hydrogen-bond acceptors (Lipinski definition) is 5. The molecule has 0 unspecified atom stereocenters. The Morgan fingerprint density at radius 3 is 2.62 bits per heavy atom. The van der Waals surface area contributed by atoms with E-state index in [1.165, 1.54) is 11.6 Å². The van der Waals surface area contributed by atoms with Crippen molar-refractivity contribution in [1.29, 1.82) is 0 Å². The minimum atomic E-state index is -0.488. The maximum absolute atomic E-state index is 12.3. The van der Waals surface area contributed by atoms with Gasteiger partial charge in [0, 0.05) is 0 Å². The first-order chi connectivity index (χ1) is 16.6. The maximum Gasteiger partial charge on any atom is 0.275 e. The minimum absolute atomic E-state index is 0.0541. The number of aryl methyl sites for hydroxylation is 1. The van der Waals surface area contributed by atoms with E-state index in [1.54, 1.807) is 25.1 Å². The molecule has 0 spiro atoms. The number of phenolic OH excluding ortho intramolecular Hbond substituents is 1. The zero-order valence-electron chi connectivity index (χ0n) is 19.1. The summed E-state index contributed by atoms with van der Waals surface area (Å²) in [6.45, 7) is 4.53. The Labute approximate surface area is 198 Å². The number of fused-ring (bicyclic) bond motifs is 1. The number of hydrogen-bond donors (Lipinski definition) is 2. The van der Waals surface area contributed by atoms with Gasteiger partial charge in [0.25, 0.3) is 5.91 Å². The molecule has 0 radical (unpaired) electrons. The molecule has 0 heterocycles. The fourth-order valence-corrected chi connectivity index (χ4v) is 3.63. The number of phenols is 1. The highest BCUT2D eigenvalue weighted by Gasteiger charge is 2.12. The maximum atomic E-state index is 12.3. The normalized spacial score (nSPS) is 11.0. The van der Waals surface area contributed by atoms with Gasteiger partial charge in [-0.3, -0.25) is 4.79 Å². The van der Waals surface area contributed by atoms with Crippen LogP contribution in [-0.2, 0) is 6.61 Å². The zero-order chi connectivity index (χ0) is 23.9. The van der Waals surface area contributed by atoms with Crippen molar-refractivity contribution in [3.8, 4) is 17.2 Å². The van der Waals surface area contributed by atoms with E-state index in [0.29, 0.717) is 30.3 Å². The summed E-state index contributed by atoms with van der Waals surface area (Å²) in [5, 5.41) is 16.4. The number of rotatable bonds is 8. The topological polar surface area (TPSA) is 80.2 Å². The summed E-state index contributed by atoms with van der Waals surface area (Å²) in [5.41, 5.74) is 5.06. The van der Waals surface area contributed by atoms with E-state index >= 15 is 0 Å². The summed E-state index contributed by atoms with van der Waals surface area (Å²) in [7, 11) is 0. The van der Waals surface area contributed by atoms with Gasteiger partial charge >= 0.3 is 0 Å². The van der Waals surface area contributed by atoms with Crippen LogP contribution in [0.2, 0.25) is 0 Å². The summed E-state index contributed by atoms with van der Waals surface area (Å²) < 4.78 is 11.9. The third-order valence-electron chi connectivity index (χ3n) is 5.39. The molecule has 0 saturated heterocycles. The van der Waals surface area contributed by atoms with Crippen LogP contribution in [0.3, 0.4) is 0 Å². The summed E-state index contributed by atoms with van der Waals surface area (Å²) in [5.74, 6) is 0.675. The number of nitrogens with one attached hydrogen (secondary N) is 1. The number of carbonyl (C=O) groups excluding carboxylic acids is 1. The van der Waals surface area contributed by atoms with Crippen molar-refractivity contribution in [1.82, 2.24) is 5.43 Å². The molecule has 172 valence electrons. The Balaban J connectivity index is 1.46. The van der Waals surface area contributed by atoms with Crippen LogP contribution >= 0.6 is 0 Å². The van der Waals surface area contributed by atoms with Crippen molar-refractivity contribution >= 4 is 22.9 Å². The number of hydrazone groups is 1. The molecule has 0 bridgehead atoms. The minimum Gasteiger partial charge on any atom is -0.507 e. The average molecular weight is 455 g/mol. The first-order valence-corrected chi connectivity index (χ1v) is 11.0. The van der Waals surface area contributed by atoms with E-state index in [0.717, 1.165) is 16.5 Å². The Hall–Kier alpha value is -4.32. The second kappa shape index (κ2) is 10.5. The monoisotopic (exact) mass is 454 g/mol. The van der Waals surface area contributed by atoms with Gasteiger partial charge in [-0.2, -0.15) is 5.10 Å². The number of amides is 1. The quantitative estimate of drug-likeness (QED) is 0.268. The molecule has 0 aliphatic rings. The highest BCUT2D eigenvalue weighted by molar-refractivity contribution is 5.97. The molecule has 0 aromatic heterocycles. The molecule has 4 aromatic carbocycles. The predicted octanol–water partition coefficient (Wildman–Crippen LogP) is 5.60. The van der Waals surface area contributed by atoms with Gasteiger partial charge in [-0.25, -0.2) is 5.43 Å². The van der Waals surface area contributed by atoms with Crippen LogP contribution in [0.4, 0.5) is 0 Å². The number of para-hydroxylation sites is 1. The molecule has 6 nitrogen and oxygen atoms in total. The van der Waals surface area contributed by atoms with Gasteiger partial charge < -0.3 is 14.6 Å². The lowest BCUT2D eigenvalue weighted by Gasteiger charge is -2.13. The molecule has 0 saturated carbocycles. The third kappa shape index (κ3) is 5.18. The van der Waals surface area contributed by atoms with Gasteiger partial charge in [-0.15, -0.1) is 0 Å². The second-order valence-corrected chi connectivity index (χ2v) is 7.74.